The second kappa shape index (κ2) is 7.89. The van der Waals surface area contributed by atoms with E-state index < -0.39 is 10.0 Å². The molecular formula is C17H24N4O5S. The zero-order chi connectivity index (χ0) is 19.6. The maximum absolute atomic E-state index is 12.6. The number of carbonyl (C=O) groups excluding carboxylic acids is 2. The average molecular weight is 396 g/mol. The SMILES string of the molecule is Cc1cc(O[C@@H]2CCN(S(=O)(=O)CCN3C(=O)CCCC3=O)C2)nc(C)n1. The largest absolute Gasteiger partial charge is 0.473 e. The number of carbonyl (C=O) groups is 2. The number of aryl methyl sites for hydroxylation is 2. The highest BCUT2D eigenvalue weighted by atomic mass is 32.2. The Bertz CT molecular complexity index is 805. The smallest absolute Gasteiger partial charge is 0.229 e. The second-order valence-electron chi connectivity index (χ2n) is 6.89. The van der Waals surface area contributed by atoms with Gasteiger partial charge in [0, 0.05) is 37.7 Å². The van der Waals surface area contributed by atoms with Crippen LogP contribution < -0.4 is 4.74 Å². The Hall–Kier alpha value is -2.07. The lowest BCUT2D eigenvalue weighted by atomic mass is 10.1. The molecule has 0 radical (unpaired) electrons. The molecule has 2 aliphatic heterocycles. The molecule has 10 heteroatoms. The minimum Gasteiger partial charge on any atom is -0.473 e. The van der Waals surface area contributed by atoms with Crippen molar-refractivity contribution in [2.75, 3.05) is 25.4 Å². The summed E-state index contributed by atoms with van der Waals surface area (Å²) in [6, 6.07) is 1.72. The molecule has 3 heterocycles. The Labute approximate surface area is 158 Å². The maximum Gasteiger partial charge on any atom is 0.229 e. The fraction of sp³-hybridized carbons (Fsp3) is 0.647. The van der Waals surface area contributed by atoms with Gasteiger partial charge < -0.3 is 4.74 Å². The van der Waals surface area contributed by atoms with E-state index in [1.165, 1.54) is 4.31 Å². The summed E-state index contributed by atoms with van der Waals surface area (Å²) in [4.78, 5) is 33.1. The highest BCUT2D eigenvalue weighted by Gasteiger charge is 2.34. The quantitative estimate of drug-likeness (QED) is 0.641. The van der Waals surface area contributed by atoms with Crippen molar-refractivity contribution in [2.45, 2.75) is 45.6 Å². The number of piperidine rings is 1. The van der Waals surface area contributed by atoms with Crippen molar-refractivity contribution < 1.29 is 22.7 Å². The molecule has 2 aliphatic rings. The Morgan fingerprint density at radius 1 is 1.19 bits per heavy atom. The van der Waals surface area contributed by atoms with Crippen LogP contribution in [0.15, 0.2) is 6.07 Å². The van der Waals surface area contributed by atoms with E-state index in [1.54, 1.807) is 13.0 Å². The molecular weight excluding hydrogens is 372 g/mol. The van der Waals surface area contributed by atoms with Crippen LogP contribution >= 0.6 is 0 Å². The van der Waals surface area contributed by atoms with Crippen LogP contribution in [0.2, 0.25) is 0 Å². The third-order valence-electron chi connectivity index (χ3n) is 4.69. The number of rotatable bonds is 6. The van der Waals surface area contributed by atoms with Crippen LogP contribution in [0, 0.1) is 13.8 Å². The normalized spacial score (nSPS) is 21.7. The van der Waals surface area contributed by atoms with Gasteiger partial charge in [0.1, 0.15) is 11.9 Å². The van der Waals surface area contributed by atoms with E-state index in [-0.39, 0.29) is 36.8 Å². The molecule has 148 valence electrons. The number of hydrogen-bond donors (Lipinski definition) is 0. The van der Waals surface area contributed by atoms with E-state index in [0.29, 0.717) is 43.9 Å². The molecule has 1 atom stereocenters. The summed E-state index contributed by atoms with van der Waals surface area (Å²) in [5, 5.41) is 0. The number of ether oxygens (including phenoxy) is 1. The molecule has 1 aromatic rings. The summed E-state index contributed by atoms with van der Waals surface area (Å²) in [6.07, 6.45) is 1.40. The Kier molecular flexibility index (Phi) is 5.75. The van der Waals surface area contributed by atoms with Gasteiger partial charge in [0.2, 0.25) is 27.7 Å². The van der Waals surface area contributed by atoms with Gasteiger partial charge in [0.15, 0.2) is 0 Å². The zero-order valence-electron chi connectivity index (χ0n) is 15.5. The van der Waals surface area contributed by atoms with Crippen LogP contribution in [0.4, 0.5) is 0 Å². The van der Waals surface area contributed by atoms with Crippen molar-refractivity contribution in [1.82, 2.24) is 19.2 Å². The summed E-state index contributed by atoms with van der Waals surface area (Å²) in [5.41, 5.74) is 0.788. The summed E-state index contributed by atoms with van der Waals surface area (Å²) in [7, 11) is -3.57. The highest BCUT2D eigenvalue weighted by molar-refractivity contribution is 7.89. The van der Waals surface area contributed by atoms with E-state index >= 15 is 0 Å². The molecule has 0 spiro atoms. The summed E-state index contributed by atoms with van der Waals surface area (Å²) >= 11 is 0. The monoisotopic (exact) mass is 396 g/mol. The summed E-state index contributed by atoms with van der Waals surface area (Å²) in [6.45, 7) is 4.10. The zero-order valence-corrected chi connectivity index (χ0v) is 16.4. The molecule has 1 aromatic heterocycles. The standard InChI is InChI=1S/C17H24N4O5S/c1-12-10-15(19-13(2)18-12)26-14-6-7-20(11-14)27(24,25)9-8-21-16(22)4-3-5-17(21)23/h10,14H,3-9,11H2,1-2H3/t14-/m1/s1. The first-order valence-electron chi connectivity index (χ1n) is 9.04. The Morgan fingerprint density at radius 3 is 2.56 bits per heavy atom. The number of hydrogen-bond acceptors (Lipinski definition) is 7. The third-order valence-corrected chi connectivity index (χ3v) is 6.50. The van der Waals surface area contributed by atoms with Crippen LogP contribution in [-0.2, 0) is 19.6 Å². The second-order valence-corrected chi connectivity index (χ2v) is 8.98. The molecule has 3 rings (SSSR count). The number of sulfonamides is 1. The first kappa shape index (κ1) is 19.7. The lowest BCUT2D eigenvalue weighted by molar-refractivity contribution is -0.147. The first-order valence-corrected chi connectivity index (χ1v) is 10.7. The van der Waals surface area contributed by atoms with Gasteiger partial charge in [-0.1, -0.05) is 0 Å². The van der Waals surface area contributed by atoms with E-state index in [0.717, 1.165) is 10.6 Å². The van der Waals surface area contributed by atoms with Crippen molar-refractivity contribution in [1.29, 1.82) is 0 Å². The van der Waals surface area contributed by atoms with Gasteiger partial charge in [-0.15, -0.1) is 0 Å². The first-order chi connectivity index (χ1) is 12.7. The van der Waals surface area contributed by atoms with Crippen molar-refractivity contribution >= 4 is 21.8 Å². The van der Waals surface area contributed by atoms with Crippen LogP contribution in [-0.4, -0.2) is 70.9 Å². The molecule has 0 aliphatic carbocycles. The van der Waals surface area contributed by atoms with E-state index in [1.807, 2.05) is 6.92 Å². The number of nitrogens with zero attached hydrogens (tertiary/aromatic N) is 4. The third kappa shape index (κ3) is 4.81. The van der Waals surface area contributed by atoms with Gasteiger partial charge in [-0.2, -0.15) is 9.29 Å². The molecule has 2 fully saturated rings. The highest BCUT2D eigenvalue weighted by Crippen LogP contribution is 2.20. The fourth-order valence-corrected chi connectivity index (χ4v) is 4.79. The summed E-state index contributed by atoms with van der Waals surface area (Å²) < 4.78 is 32.4. The van der Waals surface area contributed by atoms with Crippen LogP contribution in [0.5, 0.6) is 5.88 Å². The predicted octanol–water partition coefficient (Wildman–Crippen LogP) is 0.415. The predicted molar refractivity (Wildman–Crippen MR) is 96.5 cm³/mol. The van der Waals surface area contributed by atoms with Crippen LogP contribution in [0.25, 0.3) is 0 Å². The minimum absolute atomic E-state index is 0.0909. The van der Waals surface area contributed by atoms with Crippen molar-refractivity contribution in [2.24, 2.45) is 0 Å². The maximum atomic E-state index is 12.6. The lowest BCUT2D eigenvalue weighted by Crippen LogP contribution is -2.44. The summed E-state index contributed by atoms with van der Waals surface area (Å²) in [5.74, 6) is 0.192. The fourth-order valence-electron chi connectivity index (χ4n) is 3.35. The Balaban J connectivity index is 1.56. The van der Waals surface area contributed by atoms with E-state index in [9.17, 15) is 18.0 Å². The molecule has 0 N–H and O–H groups in total. The van der Waals surface area contributed by atoms with Gasteiger partial charge in [0.25, 0.3) is 0 Å². The number of imide groups is 1. The van der Waals surface area contributed by atoms with E-state index in [2.05, 4.69) is 9.97 Å². The van der Waals surface area contributed by atoms with Gasteiger partial charge in [-0.25, -0.2) is 13.4 Å². The van der Waals surface area contributed by atoms with Crippen molar-refractivity contribution in [3.63, 3.8) is 0 Å². The lowest BCUT2D eigenvalue weighted by Gasteiger charge is -2.25. The van der Waals surface area contributed by atoms with E-state index in [4.69, 9.17) is 4.74 Å². The van der Waals surface area contributed by atoms with Gasteiger partial charge in [-0.3, -0.25) is 14.5 Å². The molecule has 0 unspecified atom stereocenters. The van der Waals surface area contributed by atoms with Crippen LogP contribution in [0.3, 0.4) is 0 Å². The average Bonchev–Trinajstić information content (AvgIpc) is 3.02. The van der Waals surface area contributed by atoms with Gasteiger partial charge >= 0.3 is 0 Å². The molecule has 0 aromatic carbocycles. The Morgan fingerprint density at radius 2 is 1.89 bits per heavy atom. The number of likely N-dealkylation sites (tertiary alicyclic amines) is 1. The molecule has 0 bridgehead atoms. The molecule has 0 saturated carbocycles. The molecule has 27 heavy (non-hydrogen) atoms. The van der Waals surface area contributed by atoms with Crippen molar-refractivity contribution in [3.05, 3.63) is 17.6 Å². The number of aromatic nitrogens is 2. The van der Waals surface area contributed by atoms with Crippen molar-refractivity contribution in [3.8, 4) is 5.88 Å². The number of amides is 2. The molecule has 9 nitrogen and oxygen atoms in total. The minimum atomic E-state index is -3.57. The van der Waals surface area contributed by atoms with Crippen LogP contribution in [0.1, 0.15) is 37.2 Å². The topological polar surface area (TPSA) is 110 Å². The van der Waals surface area contributed by atoms with Gasteiger partial charge in [0.05, 0.1) is 12.3 Å². The molecule has 2 amide bonds. The van der Waals surface area contributed by atoms with Gasteiger partial charge in [-0.05, 0) is 26.7 Å². The molecule has 2 saturated heterocycles.